The SMILES string of the molecule is CC(C)C1CN(C2CCC3CC(O)C(N4CC(=O)NS4(=O)=O)C(F)C3C2)CCO1. The summed E-state index contributed by atoms with van der Waals surface area (Å²) < 4.78 is 48.7. The summed E-state index contributed by atoms with van der Waals surface area (Å²) in [7, 11) is -4.08. The first-order valence-corrected chi connectivity index (χ1v) is 12.1. The third-order valence-electron chi connectivity index (χ3n) is 7.26. The molecule has 0 bridgehead atoms. The van der Waals surface area contributed by atoms with E-state index >= 15 is 4.39 Å². The zero-order valence-electron chi connectivity index (χ0n) is 17.0. The van der Waals surface area contributed by atoms with Gasteiger partial charge in [-0.2, -0.15) is 12.7 Å². The van der Waals surface area contributed by atoms with Gasteiger partial charge in [0.05, 0.1) is 31.4 Å². The molecule has 4 fully saturated rings. The van der Waals surface area contributed by atoms with Crippen molar-refractivity contribution in [2.45, 2.75) is 70.0 Å². The topological polar surface area (TPSA) is 99.2 Å². The third-order valence-corrected chi connectivity index (χ3v) is 8.74. The van der Waals surface area contributed by atoms with Crippen LogP contribution in [0.25, 0.3) is 0 Å². The van der Waals surface area contributed by atoms with Gasteiger partial charge in [0.15, 0.2) is 0 Å². The number of nitrogens with one attached hydrogen (secondary N) is 1. The number of alkyl halides is 1. The second kappa shape index (κ2) is 8.03. The monoisotopic (exact) mass is 433 g/mol. The Labute approximate surface area is 171 Å². The Morgan fingerprint density at radius 1 is 1.28 bits per heavy atom. The minimum atomic E-state index is -4.08. The molecule has 2 N–H and O–H groups in total. The lowest BCUT2D eigenvalue weighted by atomic mass is 9.65. The highest BCUT2D eigenvalue weighted by Gasteiger charge is 2.54. The van der Waals surface area contributed by atoms with Crippen LogP contribution in [0.2, 0.25) is 0 Å². The number of hydrogen-bond donors (Lipinski definition) is 2. The van der Waals surface area contributed by atoms with E-state index in [9.17, 15) is 18.3 Å². The molecule has 1 amide bonds. The standard InChI is InChI=1S/C19H32FN3O5S/c1-11(2)16-9-22(5-6-28-16)13-4-3-12-7-15(24)19(18(20)14(12)8-13)23-10-17(25)21-29(23,26)27/h11-16,18-19,24H,3-10H2,1-2H3,(H,21,25). The zero-order chi connectivity index (χ0) is 20.9. The van der Waals surface area contributed by atoms with Crippen molar-refractivity contribution < 1.29 is 27.4 Å². The van der Waals surface area contributed by atoms with Gasteiger partial charge in [-0.05, 0) is 43.4 Å². The van der Waals surface area contributed by atoms with E-state index in [2.05, 4.69) is 18.7 Å². The molecule has 7 unspecified atom stereocenters. The number of morpholine rings is 1. The minimum Gasteiger partial charge on any atom is -0.391 e. The van der Waals surface area contributed by atoms with Gasteiger partial charge in [0, 0.05) is 19.1 Å². The quantitative estimate of drug-likeness (QED) is 0.663. The van der Waals surface area contributed by atoms with E-state index in [1.54, 1.807) is 0 Å². The Morgan fingerprint density at radius 2 is 2.03 bits per heavy atom. The lowest BCUT2D eigenvalue weighted by Gasteiger charge is -2.50. The Bertz CT molecular complexity index is 735. The van der Waals surface area contributed by atoms with Gasteiger partial charge in [0.25, 0.3) is 0 Å². The van der Waals surface area contributed by atoms with Crippen molar-refractivity contribution in [2.75, 3.05) is 26.2 Å². The smallest absolute Gasteiger partial charge is 0.304 e. The van der Waals surface area contributed by atoms with Crippen LogP contribution in [0, 0.1) is 17.8 Å². The summed E-state index contributed by atoms with van der Waals surface area (Å²) in [4.78, 5) is 14.0. The number of aliphatic hydroxyl groups is 1. The predicted octanol–water partition coefficient (Wildman–Crippen LogP) is 0.276. The van der Waals surface area contributed by atoms with Crippen LogP contribution in [0.5, 0.6) is 0 Å². The van der Waals surface area contributed by atoms with E-state index in [0.29, 0.717) is 25.4 Å². The Kier molecular flexibility index (Phi) is 5.93. The largest absolute Gasteiger partial charge is 0.391 e. The number of nitrogens with zero attached hydrogens (tertiary/aromatic N) is 2. The first-order valence-electron chi connectivity index (χ1n) is 10.7. The summed E-state index contributed by atoms with van der Waals surface area (Å²) in [5, 5.41) is 10.6. The second-order valence-corrected chi connectivity index (χ2v) is 11.0. The van der Waals surface area contributed by atoms with Gasteiger partial charge in [0.2, 0.25) is 5.91 Å². The number of halogens is 1. The van der Waals surface area contributed by atoms with Crippen LogP contribution in [0.1, 0.15) is 39.5 Å². The molecule has 166 valence electrons. The van der Waals surface area contributed by atoms with E-state index in [0.717, 1.165) is 30.2 Å². The van der Waals surface area contributed by atoms with Crippen molar-refractivity contribution in [3.8, 4) is 0 Å². The number of fused-ring (bicyclic) bond motifs is 1. The average molecular weight is 434 g/mol. The molecule has 7 atom stereocenters. The molecule has 2 aliphatic carbocycles. The normalized spacial score (nSPS) is 43.9. The highest BCUT2D eigenvalue weighted by Crippen LogP contribution is 2.45. The molecule has 0 spiro atoms. The number of carbonyl (C=O) groups excluding carboxylic acids is 1. The molecule has 2 saturated carbocycles. The van der Waals surface area contributed by atoms with E-state index in [-0.39, 0.29) is 24.0 Å². The van der Waals surface area contributed by atoms with Crippen molar-refractivity contribution in [1.29, 1.82) is 0 Å². The Morgan fingerprint density at radius 3 is 2.69 bits per heavy atom. The van der Waals surface area contributed by atoms with Crippen molar-refractivity contribution in [1.82, 2.24) is 13.9 Å². The van der Waals surface area contributed by atoms with Gasteiger partial charge in [-0.1, -0.05) is 13.8 Å². The lowest BCUT2D eigenvalue weighted by molar-refractivity contribution is -0.120. The first-order chi connectivity index (χ1) is 13.7. The molecule has 0 radical (unpaired) electrons. The third kappa shape index (κ3) is 4.06. The van der Waals surface area contributed by atoms with Crippen molar-refractivity contribution in [3.05, 3.63) is 0 Å². The summed E-state index contributed by atoms with van der Waals surface area (Å²) in [5.74, 6) is -0.527. The molecular weight excluding hydrogens is 401 g/mol. The molecule has 0 aromatic rings. The Hall–Kier alpha value is -0.810. The van der Waals surface area contributed by atoms with Crippen molar-refractivity contribution in [2.24, 2.45) is 17.8 Å². The first kappa shape index (κ1) is 21.4. The van der Waals surface area contributed by atoms with Gasteiger partial charge < -0.3 is 9.84 Å². The lowest BCUT2D eigenvalue weighted by Crippen LogP contribution is -2.60. The van der Waals surface area contributed by atoms with Crippen molar-refractivity contribution >= 4 is 16.1 Å². The fourth-order valence-corrected chi connectivity index (χ4v) is 7.02. The maximum Gasteiger partial charge on any atom is 0.304 e. The molecule has 29 heavy (non-hydrogen) atoms. The molecule has 0 aromatic carbocycles. The fraction of sp³-hybridized carbons (Fsp3) is 0.947. The van der Waals surface area contributed by atoms with E-state index in [1.165, 1.54) is 0 Å². The molecule has 2 saturated heterocycles. The number of ether oxygens (including phenoxy) is 1. The van der Waals surface area contributed by atoms with Gasteiger partial charge in [-0.3, -0.25) is 9.69 Å². The van der Waals surface area contributed by atoms with Crippen LogP contribution in [0.4, 0.5) is 4.39 Å². The highest BCUT2D eigenvalue weighted by molar-refractivity contribution is 7.88. The maximum atomic E-state index is 15.7. The fourth-order valence-electron chi connectivity index (χ4n) is 5.68. The van der Waals surface area contributed by atoms with Gasteiger partial charge in [-0.25, -0.2) is 9.11 Å². The summed E-state index contributed by atoms with van der Waals surface area (Å²) in [6.07, 6.45) is 0.395. The summed E-state index contributed by atoms with van der Waals surface area (Å²) >= 11 is 0. The summed E-state index contributed by atoms with van der Waals surface area (Å²) in [6.45, 7) is 6.19. The van der Waals surface area contributed by atoms with Crippen LogP contribution >= 0.6 is 0 Å². The number of hydrogen-bond acceptors (Lipinski definition) is 6. The van der Waals surface area contributed by atoms with Crippen LogP contribution in [-0.2, 0) is 19.7 Å². The minimum absolute atomic E-state index is 0.0448. The van der Waals surface area contributed by atoms with Crippen LogP contribution < -0.4 is 4.72 Å². The maximum absolute atomic E-state index is 15.7. The zero-order valence-corrected chi connectivity index (χ0v) is 17.9. The molecule has 4 rings (SSSR count). The summed E-state index contributed by atoms with van der Waals surface area (Å²) in [5.41, 5.74) is 0. The van der Waals surface area contributed by atoms with E-state index < -0.39 is 41.0 Å². The van der Waals surface area contributed by atoms with E-state index in [1.807, 2.05) is 4.72 Å². The number of aliphatic hydroxyl groups excluding tert-OH is 1. The number of carbonyl (C=O) groups is 1. The number of rotatable bonds is 3. The molecule has 8 nitrogen and oxygen atoms in total. The van der Waals surface area contributed by atoms with Crippen LogP contribution in [0.15, 0.2) is 0 Å². The van der Waals surface area contributed by atoms with Gasteiger partial charge >= 0.3 is 10.2 Å². The van der Waals surface area contributed by atoms with Crippen LogP contribution in [-0.4, -0.2) is 85.3 Å². The average Bonchev–Trinajstić information content (AvgIpc) is 2.93. The second-order valence-electron chi connectivity index (χ2n) is 9.35. The van der Waals surface area contributed by atoms with Gasteiger partial charge in [0.1, 0.15) is 6.17 Å². The summed E-state index contributed by atoms with van der Waals surface area (Å²) in [6, 6.07) is -0.961. The molecule has 10 heteroatoms. The van der Waals surface area contributed by atoms with Crippen LogP contribution in [0.3, 0.4) is 0 Å². The predicted molar refractivity (Wildman–Crippen MR) is 104 cm³/mol. The molecule has 2 heterocycles. The molecule has 0 aromatic heterocycles. The Balaban J connectivity index is 1.49. The van der Waals surface area contributed by atoms with E-state index in [4.69, 9.17) is 4.74 Å². The number of amides is 1. The van der Waals surface area contributed by atoms with Crippen molar-refractivity contribution in [3.63, 3.8) is 0 Å². The molecule has 4 aliphatic rings. The molecular formula is C19H32FN3O5S. The van der Waals surface area contributed by atoms with Gasteiger partial charge in [-0.15, -0.1) is 0 Å². The highest BCUT2D eigenvalue weighted by atomic mass is 32.2. The molecule has 2 aliphatic heterocycles.